The van der Waals surface area contributed by atoms with E-state index in [1.54, 1.807) is 5.57 Å². The molecule has 0 radical (unpaired) electrons. The lowest BCUT2D eigenvalue weighted by Crippen LogP contribution is -2.32. The van der Waals surface area contributed by atoms with Crippen molar-refractivity contribution in [1.29, 1.82) is 0 Å². The Balaban J connectivity index is 1.33. The molecule has 41 heavy (non-hydrogen) atoms. The first kappa shape index (κ1) is 24.5. The van der Waals surface area contributed by atoms with Gasteiger partial charge in [0.25, 0.3) is 0 Å². The number of hydrogen-bond donors (Lipinski definition) is 0. The molecule has 204 valence electrons. The number of benzene rings is 3. The maximum atomic E-state index is 6.54. The number of fused-ring (bicyclic) bond motifs is 7. The Kier molecular flexibility index (Phi) is 5.47. The summed E-state index contributed by atoms with van der Waals surface area (Å²) >= 11 is 0. The molecule has 3 heterocycles. The smallest absolute Gasteiger partial charge is 0.145 e. The molecule has 3 aliphatic rings. The van der Waals surface area contributed by atoms with Gasteiger partial charge in [-0.05, 0) is 104 Å². The molecule has 0 saturated heterocycles. The number of aromatic nitrogens is 1. The second-order valence-electron chi connectivity index (χ2n) is 12.4. The molecule has 3 nitrogen and oxygen atoms in total. The van der Waals surface area contributed by atoms with Gasteiger partial charge in [-0.25, -0.2) is 0 Å². The maximum absolute atomic E-state index is 6.54. The zero-order chi connectivity index (χ0) is 27.7. The molecule has 5 aromatic rings. The molecule has 1 atom stereocenters. The topological polar surface area (TPSA) is 21.3 Å². The van der Waals surface area contributed by atoms with Crippen molar-refractivity contribution in [1.82, 2.24) is 9.47 Å². The van der Waals surface area contributed by atoms with E-state index in [-0.39, 0.29) is 5.41 Å². The quantitative estimate of drug-likeness (QED) is 0.229. The van der Waals surface area contributed by atoms with Crippen LogP contribution in [0.2, 0.25) is 0 Å². The minimum Gasteiger partial charge on any atom is -0.455 e. The maximum Gasteiger partial charge on any atom is 0.145 e. The molecule has 0 bridgehead atoms. The predicted molar refractivity (Wildman–Crippen MR) is 172 cm³/mol. The van der Waals surface area contributed by atoms with E-state index in [0.29, 0.717) is 0 Å². The summed E-state index contributed by atoms with van der Waals surface area (Å²) in [6.07, 6.45) is 17.3. The summed E-state index contributed by atoms with van der Waals surface area (Å²) in [5, 5.41) is 3.61. The van der Waals surface area contributed by atoms with Crippen molar-refractivity contribution in [2.24, 2.45) is 5.41 Å². The molecule has 0 N–H and O–H groups in total. The number of nitrogens with zero attached hydrogens (tertiary/aromatic N) is 2. The fourth-order valence-corrected chi connectivity index (χ4v) is 7.78. The van der Waals surface area contributed by atoms with Gasteiger partial charge in [0.05, 0.1) is 10.9 Å². The van der Waals surface area contributed by atoms with Gasteiger partial charge < -0.3 is 13.9 Å². The van der Waals surface area contributed by atoms with E-state index >= 15 is 0 Å². The fraction of sp³-hybridized carbons (Fsp3) is 0.263. The molecule has 0 spiro atoms. The van der Waals surface area contributed by atoms with Crippen LogP contribution in [0.5, 0.6) is 0 Å². The number of hydrogen-bond acceptors (Lipinski definition) is 2. The van der Waals surface area contributed by atoms with Crippen LogP contribution in [0, 0.1) is 5.41 Å². The van der Waals surface area contributed by atoms with E-state index in [1.807, 2.05) is 0 Å². The summed E-state index contributed by atoms with van der Waals surface area (Å²) in [5.74, 6) is 0. The Labute approximate surface area is 241 Å². The molecule has 1 aliphatic heterocycles. The van der Waals surface area contributed by atoms with E-state index in [1.165, 1.54) is 68.2 Å². The highest BCUT2D eigenvalue weighted by Gasteiger charge is 2.37. The molecular formula is C38H36N2O. The van der Waals surface area contributed by atoms with Crippen LogP contribution in [0.1, 0.15) is 56.4 Å². The van der Waals surface area contributed by atoms with E-state index in [0.717, 1.165) is 37.0 Å². The van der Waals surface area contributed by atoms with Crippen LogP contribution in [0.15, 0.2) is 101 Å². The lowest BCUT2D eigenvalue weighted by Gasteiger charge is -2.42. The van der Waals surface area contributed by atoms with Gasteiger partial charge in [-0.15, -0.1) is 0 Å². The molecular weight excluding hydrogens is 500 g/mol. The first-order valence-corrected chi connectivity index (χ1v) is 15.1. The molecule has 0 amide bonds. The van der Waals surface area contributed by atoms with E-state index in [2.05, 4.69) is 122 Å². The number of para-hydroxylation sites is 1. The number of rotatable bonds is 3. The van der Waals surface area contributed by atoms with Crippen molar-refractivity contribution >= 4 is 44.5 Å². The summed E-state index contributed by atoms with van der Waals surface area (Å²) in [7, 11) is 2.19. The third kappa shape index (κ3) is 3.64. The summed E-state index contributed by atoms with van der Waals surface area (Å²) in [6, 6.07) is 22.3. The molecule has 0 fully saturated rings. The predicted octanol–water partition coefficient (Wildman–Crippen LogP) is 9.84. The molecule has 2 aliphatic carbocycles. The van der Waals surface area contributed by atoms with Gasteiger partial charge in [0.15, 0.2) is 0 Å². The van der Waals surface area contributed by atoms with Crippen LogP contribution < -0.4 is 0 Å². The molecule has 0 saturated carbocycles. The SMILES string of the molecule is CC1=C(C2(C)CCCC=C2c2cccc(-n3c4c(c5c6oc7ccccc7c6ccc53)C=CCC4)c2)CN(C)C=C1. The minimum absolute atomic E-state index is 0.0291. The van der Waals surface area contributed by atoms with Crippen molar-refractivity contribution in [2.75, 3.05) is 13.6 Å². The van der Waals surface area contributed by atoms with E-state index < -0.39 is 0 Å². The van der Waals surface area contributed by atoms with Crippen molar-refractivity contribution in [3.63, 3.8) is 0 Å². The van der Waals surface area contributed by atoms with Gasteiger partial charge in [0.1, 0.15) is 11.2 Å². The highest BCUT2D eigenvalue weighted by molar-refractivity contribution is 6.17. The van der Waals surface area contributed by atoms with Crippen LogP contribution in [0.25, 0.3) is 50.2 Å². The highest BCUT2D eigenvalue weighted by Crippen LogP contribution is 2.50. The van der Waals surface area contributed by atoms with Crippen LogP contribution in [0.4, 0.5) is 0 Å². The Bertz CT molecular complexity index is 1990. The summed E-state index contributed by atoms with van der Waals surface area (Å²) in [6.45, 7) is 5.76. The van der Waals surface area contributed by atoms with Crippen molar-refractivity contribution in [2.45, 2.75) is 46.0 Å². The van der Waals surface area contributed by atoms with E-state index in [9.17, 15) is 0 Å². The Hall–Kier alpha value is -4.24. The normalized spacial score (nSPS) is 20.9. The van der Waals surface area contributed by atoms with Gasteiger partial charge in [-0.3, -0.25) is 0 Å². The largest absolute Gasteiger partial charge is 0.455 e. The molecule has 2 aromatic heterocycles. The van der Waals surface area contributed by atoms with Crippen LogP contribution in [-0.2, 0) is 6.42 Å². The van der Waals surface area contributed by atoms with Crippen molar-refractivity contribution in [3.8, 4) is 5.69 Å². The van der Waals surface area contributed by atoms with Crippen LogP contribution in [0.3, 0.4) is 0 Å². The number of allylic oxidation sites excluding steroid dienone is 5. The lowest BCUT2D eigenvalue weighted by molar-refractivity contribution is 0.385. The Morgan fingerprint density at radius 3 is 2.76 bits per heavy atom. The standard InChI is InChI=1S/C38H36N2O/c1-25-20-22-39(3)24-32(25)38(2)21-9-8-15-31(38)26-11-10-12-27(23-26)40-33-16-6-4-14-30(33)36-34(40)19-18-29-28-13-5-7-17-35(28)41-37(29)36/h4-5,7,10-15,17-20,22-23H,6,8-9,16,21,24H2,1-3H3. The fourth-order valence-electron chi connectivity index (χ4n) is 7.78. The van der Waals surface area contributed by atoms with E-state index in [4.69, 9.17) is 4.42 Å². The third-order valence-corrected chi connectivity index (χ3v) is 9.82. The minimum atomic E-state index is 0.0291. The third-order valence-electron chi connectivity index (χ3n) is 9.82. The zero-order valence-corrected chi connectivity index (χ0v) is 24.2. The van der Waals surface area contributed by atoms with Gasteiger partial charge in [-0.2, -0.15) is 0 Å². The lowest BCUT2D eigenvalue weighted by atomic mass is 9.65. The zero-order valence-electron chi connectivity index (χ0n) is 24.2. The number of likely N-dealkylation sites (N-methyl/N-ethyl adjacent to an activating group) is 1. The Morgan fingerprint density at radius 2 is 1.83 bits per heavy atom. The summed E-state index contributed by atoms with van der Waals surface area (Å²) < 4.78 is 9.05. The average molecular weight is 537 g/mol. The second-order valence-corrected chi connectivity index (χ2v) is 12.4. The molecule has 3 aromatic carbocycles. The van der Waals surface area contributed by atoms with Gasteiger partial charge in [-0.1, -0.05) is 55.5 Å². The van der Waals surface area contributed by atoms with Crippen LogP contribution >= 0.6 is 0 Å². The first-order valence-electron chi connectivity index (χ1n) is 15.1. The van der Waals surface area contributed by atoms with Gasteiger partial charge in [0.2, 0.25) is 0 Å². The van der Waals surface area contributed by atoms with Gasteiger partial charge >= 0.3 is 0 Å². The first-order chi connectivity index (χ1) is 20.0. The van der Waals surface area contributed by atoms with Crippen molar-refractivity contribution in [3.05, 3.63) is 113 Å². The monoisotopic (exact) mass is 536 g/mol. The highest BCUT2D eigenvalue weighted by atomic mass is 16.3. The molecule has 8 rings (SSSR count). The average Bonchev–Trinajstić information content (AvgIpc) is 3.54. The van der Waals surface area contributed by atoms with Gasteiger partial charge in [0, 0.05) is 46.7 Å². The molecule has 1 unspecified atom stereocenters. The summed E-state index contributed by atoms with van der Waals surface area (Å²) in [5.41, 5.74) is 12.9. The molecule has 3 heteroatoms. The second kappa shape index (κ2) is 9.14. The van der Waals surface area contributed by atoms with Crippen LogP contribution in [-0.4, -0.2) is 23.1 Å². The Morgan fingerprint density at radius 1 is 0.927 bits per heavy atom. The van der Waals surface area contributed by atoms with Crippen molar-refractivity contribution < 1.29 is 4.42 Å². The number of furan rings is 1. The summed E-state index contributed by atoms with van der Waals surface area (Å²) in [4.78, 5) is 2.32.